The van der Waals surface area contributed by atoms with Gasteiger partial charge in [0.15, 0.2) is 0 Å². The molecular formula is C13H18N2O3. The molecule has 0 aromatic heterocycles. The van der Waals surface area contributed by atoms with Gasteiger partial charge in [-0.15, -0.1) is 0 Å². The summed E-state index contributed by atoms with van der Waals surface area (Å²) < 4.78 is 10.1. The second kappa shape index (κ2) is 6.26. The Morgan fingerprint density at radius 2 is 2.33 bits per heavy atom. The van der Waals surface area contributed by atoms with Gasteiger partial charge in [0, 0.05) is 24.5 Å². The number of carbonyl (C=O) groups is 1. The molecule has 98 valence electrons. The number of amides is 1. The van der Waals surface area contributed by atoms with Gasteiger partial charge in [0.25, 0.3) is 0 Å². The summed E-state index contributed by atoms with van der Waals surface area (Å²) in [5.74, 6) is 0. The van der Waals surface area contributed by atoms with Crippen LogP contribution < -0.4 is 10.6 Å². The Labute approximate surface area is 106 Å². The Kier molecular flexibility index (Phi) is 4.41. The molecule has 0 saturated carbocycles. The SMILES string of the molecule is COC(=O)Nc1cccc(NCC2CCCO2)c1. The third-order valence-corrected chi connectivity index (χ3v) is 2.85. The second-order valence-electron chi connectivity index (χ2n) is 4.21. The maximum Gasteiger partial charge on any atom is 0.411 e. The average molecular weight is 250 g/mol. The molecule has 2 N–H and O–H groups in total. The summed E-state index contributed by atoms with van der Waals surface area (Å²) in [5, 5.41) is 5.93. The van der Waals surface area contributed by atoms with Crippen LogP contribution in [0.4, 0.5) is 16.2 Å². The van der Waals surface area contributed by atoms with Gasteiger partial charge in [0.1, 0.15) is 0 Å². The van der Waals surface area contributed by atoms with Gasteiger partial charge in [-0.1, -0.05) is 6.07 Å². The molecule has 1 aliphatic heterocycles. The van der Waals surface area contributed by atoms with E-state index in [-0.39, 0.29) is 0 Å². The zero-order chi connectivity index (χ0) is 12.8. The quantitative estimate of drug-likeness (QED) is 0.861. The smallest absolute Gasteiger partial charge is 0.411 e. The Hall–Kier alpha value is -1.75. The topological polar surface area (TPSA) is 59.6 Å². The largest absolute Gasteiger partial charge is 0.453 e. The molecule has 5 nitrogen and oxygen atoms in total. The van der Waals surface area contributed by atoms with Gasteiger partial charge in [-0.25, -0.2) is 4.79 Å². The fraction of sp³-hybridized carbons (Fsp3) is 0.462. The van der Waals surface area contributed by atoms with Crippen molar-refractivity contribution in [3.8, 4) is 0 Å². The van der Waals surface area contributed by atoms with Crippen molar-refractivity contribution in [2.24, 2.45) is 0 Å². The van der Waals surface area contributed by atoms with E-state index in [4.69, 9.17) is 4.74 Å². The van der Waals surface area contributed by atoms with E-state index in [1.54, 1.807) is 0 Å². The first-order valence-electron chi connectivity index (χ1n) is 6.08. The van der Waals surface area contributed by atoms with Gasteiger partial charge in [0.2, 0.25) is 0 Å². The highest BCUT2D eigenvalue weighted by molar-refractivity contribution is 5.85. The van der Waals surface area contributed by atoms with Crippen LogP contribution in [0.15, 0.2) is 24.3 Å². The average Bonchev–Trinajstić information content (AvgIpc) is 2.90. The van der Waals surface area contributed by atoms with Crippen molar-refractivity contribution in [3.63, 3.8) is 0 Å². The van der Waals surface area contributed by atoms with Crippen molar-refractivity contribution in [1.29, 1.82) is 0 Å². The van der Waals surface area contributed by atoms with Crippen molar-refractivity contribution in [2.75, 3.05) is 30.9 Å². The summed E-state index contributed by atoms with van der Waals surface area (Å²) in [4.78, 5) is 11.1. The van der Waals surface area contributed by atoms with E-state index in [2.05, 4.69) is 15.4 Å². The minimum atomic E-state index is -0.466. The number of carbonyl (C=O) groups excluding carboxylic acids is 1. The van der Waals surface area contributed by atoms with Gasteiger partial charge in [-0.2, -0.15) is 0 Å². The molecule has 1 unspecified atom stereocenters. The first kappa shape index (κ1) is 12.7. The van der Waals surface area contributed by atoms with Gasteiger partial charge in [-0.3, -0.25) is 5.32 Å². The number of nitrogens with one attached hydrogen (secondary N) is 2. The van der Waals surface area contributed by atoms with E-state index in [0.29, 0.717) is 11.8 Å². The van der Waals surface area contributed by atoms with Crippen LogP contribution in [-0.4, -0.2) is 32.5 Å². The zero-order valence-corrected chi connectivity index (χ0v) is 10.4. The van der Waals surface area contributed by atoms with Gasteiger partial charge in [-0.05, 0) is 31.0 Å². The summed E-state index contributed by atoms with van der Waals surface area (Å²) in [5.41, 5.74) is 1.67. The lowest BCUT2D eigenvalue weighted by atomic mass is 10.2. The monoisotopic (exact) mass is 250 g/mol. The minimum Gasteiger partial charge on any atom is -0.453 e. The van der Waals surface area contributed by atoms with Crippen LogP contribution in [0.25, 0.3) is 0 Å². The van der Waals surface area contributed by atoms with Crippen molar-refractivity contribution < 1.29 is 14.3 Å². The fourth-order valence-corrected chi connectivity index (χ4v) is 1.91. The van der Waals surface area contributed by atoms with Crippen LogP contribution >= 0.6 is 0 Å². The second-order valence-corrected chi connectivity index (χ2v) is 4.21. The summed E-state index contributed by atoms with van der Waals surface area (Å²) in [6, 6.07) is 7.51. The van der Waals surface area contributed by atoms with E-state index < -0.39 is 6.09 Å². The molecule has 1 aliphatic rings. The summed E-state index contributed by atoms with van der Waals surface area (Å²) >= 11 is 0. The highest BCUT2D eigenvalue weighted by Crippen LogP contribution is 2.17. The fourth-order valence-electron chi connectivity index (χ4n) is 1.91. The van der Waals surface area contributed by atoms with Crippen molar-refractivity contribution in [2.45, 2.75) is 18.9 Å². The van der Waals surface area contributed by atoms with Crippen LogP contribution in [-0.2, 0) is 9.47 Å². The van der Waals surface area contributed by atoms with E-state index in [9.17, 15) is 4.79 Å². The molecular weight excluding hydrogens is 232 g/mol. The molecule has 2 rings (SSSR count). The first-order chi connectivity index (χ1) is 8.78. The Morgan fingerprint density at radius 3 is 3.06 bits per heavy atom. The molecule has 5 heteroatoms. The van der Waals surface area contributed by atoms with Crippen molar-refractivity contribution >= 4 is 17.5 Å². The highest BCUT2D eigenvalue weighted by atomic mass is 16.5. The lowest BCUT2D eigenvalue weighted by Gasteiger charge is -2.12. The predicted octanol–water partition coefficient (Wildman–Crippen LogP) is 2.46. The van der Waals surface area contributed by atoms with Gasteiger partial charge < -0.3 is 14.8 Å². The molecule has 1 amide bonds. The molecule has 18 heavy (non-hydrogen) atoms. The van der Waals surface area contributed by atoms with Crippen LogP contribution in [0.5, 0.6) is 0 Å². The number of rotatable bonds is 4. The zero-order valence-electron chi connectivity index (χ0n) is 10.4. The molecule has 0 bridgehead atoms. The van der Waals surface area contributed by atoms with Crippen LogP contribution in [0.1, 0.15) is 12.8 Å². The normalized spacial score (nSPS) is 18.4. The van der Waals surface area contributed by atoms with Crippen LogP contribution in [0.2, 0.25) is 0 Å². The summed E-state index contributed by atoms with van der Waals surface area (Å²) in [6.45, 7) is 1.65. The Bertz CT molecular complexity index is 403. The predicted molar refractivity (Wildman–Crippen MR) is 69.9 cm³/mol. The third kappa shape index (κ3) is 3.63. The third-order valence-electron chi connectivity index (χ3n) is 2.85. The van der Waals surface area contributed by atoms with Crippen molar-refractivity contribution in [3.05, 3.63) is 24.3 Å². The molecule has 1 heterocycles. The Morgan fingerprint density at radius 1 is 1.50 bits per heavy atom. The number of anilines is 2. The standard InChI is InChI=1S/C13H18N2O3/c1-17-13(16)15-11-5-2-4-10(8-11)14-9-12-6-3-7-18-12/h2,4-5,8,12,14H,3,6-7,9H2,1H3,(H,15,16). The molecule has 1 aromatic carbocycles. The summed E-state index contributed by atoms with van der Waals surface area (Å²) in [6.07, 6.45) is 2.07. The number of hydrogen-bond donors (Lipinski definition) is 2. The molecule has 0 spiro atoms. The molecule has 1 saturated heterocycles. The van der Waals surface area contributed by atoms with Crippen LogP contribution in [0.3, 0.4) is 0 Å². The maximum absolute atomic E-state index is 11.1. The molecule has 1 atom stereocenters. The molecule has 1 aromatic rings. The molecule has 0 radical (unpaired) electrons. The summed E-state index contributed by atoms with van der Waals surface area (Å²) in [7, 11) is 1.34. The maximum atomic E-state index is 11.1. The number of methoxy groups -OCH3 is 1. The lowest BCUT2D eigenvalue weighted by molar-refractivity contribution is 0.120. The van der Waals surface area contributed by atoms with Gasteiger partial charge >= 0.3 is 6.09 Å². The van der Waals surface area contributed by atoms with Crippen molar-refractivity contribution in [1.82, 2.24) is 0 Å². The first-order valence-corrected chi connectivity index (χ1v) is 6.08. The number of hydrogen-bond acceptors (Lipinski definition) is 4. The van der Waals surface area contributed by atoms with Crippen LogP contribution in [0, 0.1) is 0 Å². The number of benzene rings is 1. The number of ether oxygens (including phenoxy) is 2. The highest BCUT2D eigenvalue weighted by Gasteiger charge is 2.14. The van der Waals surface area contributed by atoms with Gasteiger partial charge in [0.05, 0.1) is 13.2 Å². The van der Waals surface area contributed by atoms with E-state index in [0.717, 1.165) is 31.7 Å². The Balaban J connectivity index is 1.87. The van der Waals surface area contributed by atoms with E-state index >= 15 is 0 Å². The minimum absolute atomic E-state index is 0.294. The lowest BCUT2D eigenvalue weighted by Crippen LogP contribution is -2.18. The molecule has 1 fully saturated rings. The van der Waals surface area contributed by atoms with E-state index in [1.807, 2.05) is 24.3 Å². The molecule has 0 aliphatic carbocycles. The van der Waals surface area contributed by atoms with E-state index in [1.165, 1.54) is 7.11 Å².